The van der Waals surface area contributed by atoms with E-state index in [0.717, 1.165) is 37.0 Å². The quantitative estimate of drug-likeness (QED) is 0.0505. The molecule has 308 valence electrons. The second-order valence-electron chi connectivity index (χ2n) is 15.4. The minimum absolute atomic E-state index is 0.0259. The number of aliphatic carboxylic acids is 1. The van der Waals surface area contributed by atoms with Crippen LogP contribution >= 0.6 is 11.9 Å². The molecule has 2 rings (SSSR count). The molecular weight excluding hydrogens is 731 g/mol. The van der Waals surface area contributed by atoms with Gasteiger partial charge in [0.15, 0.2) is 0 Å². The Labute approximate surface area is 329 Å². The van der Waals surface area contributed by atoms with E-state index in [0.29, 0.717) is 11.5 Å². The molecule has 1 aromatic heterocycles. The highest BCUT2D eigenvalue weighted by molar-refractivity contribution is 8.00. The van der Waals surface area contributed by atoms with Gasteiger partial charge in [0.1, 0.15) is 18.8 Å². The number of carboxylic acids is 1. The molecule has 15 nitrogen and oxygen atoms in total. The number of hydrogen-bond acceptors (Lipinski definition) is 13. The van der Waals surface area contributed by atoms with Crippen LogP contribution in [0, 0.1) is 10.8 Å². The molecule has 0 atom stereocenters. The van der Waals surface area contributed by atoms with Gasteiger partial charge in [0.25, 0.3) is 5.91 Å². The molecule has 0 aliphatic heterocycles. The van der Waals surface area contributed by atoms with Crippen LogP contribution in [-0.4, -0.2) is 110 Å². The monoisotopic (exact) mass is 791 g/mol. The first-order valence-corrected chi connectivity index (χ1v) is 19.4. The predicted octanol–water partition coefficient (Wildman–Crippen LogP) is 5.09. The molecule has 0 aliphatic rings. The maximum Gasteiger partial charge on any atom is 0.329 e. The second-order valence-corrected chi connectivity index (χ2v) is 16.3. The summed E-state index contributed by atoms with van der Waals surface area (Å²) in [5, 5.41) is 13.8. The van der Waals surface area contributed by atoms with Crippen molar-refractivity contribution < 1.29 is 48.0 Å². The van der Waals surface area contributed by atoms with Gasteiger partial charge in [-0.1, -0.05) is 32.4 Å². The van der Waals surface area contributed by atoms with Crippen molar-refractivity contribution in [3.63, 3.8) is 0 Å². The Hall–Kier alpha value is -3.83. The van der Waals surface area contributed by atoms with Crippen LogP contribution in [0.2, 0.25) is 0 Å². The van der Waals surface area contributed by atoms with Gasteiger partial charge >= 0.3 is 11.9 Å². The van der Waals surface area contributed by atoms with Crippen molar-refractivity contribution in [2.24, 2.45) is 10.8 Å². The number of carboxylic acid groups (broad SMARTS) is 1. The van der Waals surface area contributed by atoms with E-state index in [2.05, 4.69) is 63.4 Å². The number of ether oxygens (including phenoxy) is 5. The summed E-state index contributed by atoms with van der Waals surface area (Å²) in [7, 11) is 0. The van der Waals surface area contributed by atoms with Crippen LogP contribution in [0.3, 0.4) is 0 Å². The highest BCUT2D eigenvalue weighted by Gasteiger charge is 2.37. The lowest BCUT2D eigenvalue weighted by atomic mass is 9.72. The number of unbranched alkanes of at least 4 members (excludes halogenated alkanes) is 1. The molecule has 0 saturated carbocycles. The number of anilines is 1. The molecule has 0 aliphatic carbocycles. The van der Waals surface area contributed by atoms with Gasteiger partial charge in [0, 0.05) is 30.4 Å². The topological polar surface area (TPSA) is 197 Å². The Morgan fingerprint density at radius 1 is 0.745 bits per heavy atom. The third-order valence-electron chi connectivity index (χ3n) is 7.84. The van der Waals surface area contributed by atoms with Crippen LogP contribution in [0.1, 0.15) is 90.1 Å². The highest BCUT2D eigenvalue weighted by Crippen LogP contribution is 2.39. The lowest BCUT2D eigenvalue weighted by Gasteiger charge is -2.35. The lowest BCUT2D eigenvalue weighted by molar-refractivity contribution is -0.167. The maximum absolute atomic E-state index is 12.7. The van der Waals surface area contributed by atoms with Crippen molar-refractivity contribution in [1.82, 2.24) is 20.6 Å². The van der Waals surface area contributed by atoms with Crippen molar-refractivity contribution in [2.45, 2.75) is 91.1 Å². The van der Waals surface area contributed by atoms with Gasteiger partial charge in [0.05, 0.1) is 50.6 Å². The summed E-state index contributed by atoms with van der Waals surface area (Å²) in [5.74, 6) is -1.42. The number of hydrogen-bond donors (Lipinski definition) is 4. The van der Waals surface area contributed by atoms with E-state index in [1.807, 2.05) is 34.6 Å². The summed E-state index contributed by atoms with van der Waals surface area (Å²) < 4.78 is 29.5. The van der Waals surface area contributed by atoms with Gasteiger partial charge in [0.2, 0.25) is 11.9 Å². The van der Waals surface area contributed by atoms with Gasteiger partial charge < -0.3 is 39.4 Å². The number of amides is 2. The number of aromatic nitrogens is 2. The van der Waals surface area contributed by atoms with Crippen LogP contribution in [0.25, 0.3) is 0 Å². The average molecular weight is 792 g/mol. The first-order valence-electron chi connectivity index (χ1n) is 18.6. The number of rotatable bonds is 28. The van der Waals surface area contributed by atoms with Crippen LogP contribution < -0.4 is 15.4 Å². The first-order chi connectivity index (χ1) is 26.0. The van der Waals surface area contributed by atoms with E-state index in [-0.39, 0.29) is 89.1 Å². The summed E-state index contributed by atoms with van der Waals surface area (Å²) >= 11 is 1.39. The van der Waals surface area contributed by atoms with Gasteiger partial charge in [-0.15, -0.1) is 0 Å². The fraction of sp³-hybridized carbons (Fsp3) is 0.641. The van der Waals surface area contributed by atoms with Crippen molar-refractivity contribution in [3.05, 3.63) is 47.8 Å². The van der Waals surface area contributed by atoms with Crippen molar-refractivity contribution in [3.8, 4) is 0 Å². The third kappa shape index (κ3) is 22.4. The Morgan fingerprint density at radius 2 is 1.33 bits per heavy atom. The van der Waals surface area contributed by atoms with Crippen LogP contribution in [0.5, 0.6) is 0 Å². The first kappa shape index (κ1) is 47.3. The van der Waals surface area contributed by atoms with Gasteiger partial charge in [-0.25, -0.2) is 14.8 Å². The zero-order chi connectivity index (χ0) is 40.7. The van der Waals surface area contributed by atoms with E-state index < -0.39 is 17.0 Å². The Bertz CT molecular complexity index is 1450. The number of carbonyl (C=O) groups is 4. The Balaban J connectivity index is 1.54. The van der Waals surface area contributed by atoms with Crippen molar-refractivity contribution in [1.29, 1.82) is 0 Å². The van der Waals surface area contributed by atoms with Crippen molar-refractivity contribution in [2.75, 3.05) is 70.7 Å². The molecule has 0 unspecified atom stereocenters. The second kappa shape index (κ2) is 24.6. The lowest BCUT2D eigenvalue weighted by Crippen LogP contribution is -2.36. The third-order valence-corrected chi connectivity index (χ3v) is 8.63. The smallest absolute Gasteiger partial charge is 0.329 e. The highest BCUT2D eigenvalue weighted by atomic mass is 32.2. The molecule has 0 fully saturated rings. The standard InChI is InChI=1S/C39H61N5O10S/c1-37(2,3)54-35(49)39(6,7)28-38(4,5)15-9-8-10-29-11-13-31(14-12-29)55-44-36-42-24-30(25-43-36)34(48)41-17-19-51-20-22-52-26-32(45)40-16-18-50-21-23-53-27-33(46)47/h11-14,24-25H,8-10,15-23,26-28H2,1-7H3,(H,40,45)(H,41,48)(H,46,47)(H,42,43,44). The van der Waals surface area contributed by atoms with E-state index in [9.17, 15) is 19.2 Å². The summed E-state index contributed by atoms with van der Waals surface area (Å²) in [5.41, 5.74) is 0.587. The van der Waals surface area contributed by atoms with Crippen molar-refractivity contribution >= 4 is 41.6 Å². The molecule has 0 saturated heterocycles. The fourth-order valence-electron chi connectivity index (χ4n) is 5.45. The number of benzene rings is 1. The summed E-state index contributed by atoms with van der Waals surface area (Å²) in [4.78, 5) is 56.7. The number of nitrogens with one attached hydrogen (secondary N) is 3. The molecule has 1 aromatic carbocycles. The molecule has 4 N–H and O–H groups in total. The zero-order valence-corrected chi connectivity index (χ0v) is 34.3. The minimum atomic E-state index is -1.04. The maximum atomic E-state index is 12.7. The molecule has 1 heterocycles. The molecule has 55 heavy (non-hydrogen) atoms. The van der Waals surface area contributed by atoms with E-state index in [1.165, 1.54) is 29.9 Å². The summed E-state index contributed by atoms with van der Waals surface area (Å²) in [6.45, 7) is 15.6. The number of esters is 1. The van der Waals surface area contributed by atoms with Crippen LogP contribution in [-0.2, 0) is 44.5 Å². The molecule has 0 bridgehead atoms. The van der Waals surface area contributed by atoms with Gasteiger partial charge in [-0.05, 0) is 95.4 Å². The summed E-state index contributed by atoms with van der Waals surface area (Å²) in [6.07, 6.45) is 7.84. The molecule has 16 heteroatoms. The zero-order valence-electron chi connectivity index (χ0n) is 33.5. The van der Waals surface area contributed by atoms with E-state index in [4.69, 9.17) is 28.8 Å². The Kier molecular flexibility index (Phi) is 21.2. The van der Waals surface area contributed by atoms with Crippen LogP contribution in [0.4, 0.5) is 5.95 Å². The molecule has 2 aromatic rings. The van der Waals surface area contributed by atoms with Gasteiger partial charge in [-0.2, -0.15) is 0 Å². The molecular formula is C39H61N5O10S. The molecule has 0 radical (unpaired) electrons. The largest absolute Gasteiger partial charge is 0.480 e. The number of nitrogens with zero attached hydrogens (tertiary/aromatic N) is 2. The molecule has 2 amide bonds. The predicted molar refractivity (Wildman–Crippen MR) is 210 cm³/mol. The van der Waals surface area contributed by atoms with Gasteiger partial charge in [-0.3, -0.25) is 19.1 Å². The van der Waals surface area contributed by atoms with Crippen LogP contribution in [0.15, 0.2) is 41.6 Å². The normalized spacial score (nSPS) is 11.9. The summed E-state index contributed by atoms with van der Waals surface area (Å²) in [6, 6.07) is 8.36. The molecule has 0 spiro atoms. The number of aryl methyl sites for hydroxylation is 1. The minimum Gasteiger partial charge on any atom is -0.480 e. The van der Waals surface area contributed by atoms with E-state index in [1.54, 1.807) is 0 Å². The average Bonchev–Trinajstić information content (AvgIpc) is 3.10. The SMILES string of the molecule is CC(C)(CCCCc1ccc(SNc2ncc(C(=O)NCCOCCOCC(=O)NCCOCCOCC(=O)O)cn2)cc1)CC(C)(C)C(=O)OC(C)(C)C. The fourth-order valence-corrected chi connectivity index (χ4v) is 6.04. The van der Waals surface area contributed by atoms with E-state index >= 15 is 0 Å². The Morgan fingerprint density at radius 3 is 1.93 bits per heavy atom. The number of carbonyl (C=O) groups excluding carboxylic acids is 3.